The lowest BCUT2D eigenvalue weighted by atomic mass is 10.1. The van der Waals surface area contributed by atoms with Crippen molar-refractivity contribution < 1.29 is 4.79 Å². The van der Waals surface area contributed by atoms with Crippen LogP contribution in [0.3, 0.4) is 0 Å². The van der Waals surface area contributed by atoms with E-state index in [0.29, 0.717) is 24.9 Å². The zero-order chi connectivity index (χ0) is 22.0. The van der Waals surface area contributed by atoms with E-state index < -0.39 is 0 Å². The molecule has 2 aromatic heterocycles. The highest BCUT2D eigenvalue weighted by Crippen LogP contribution is 2.19. The summed E-state index contributed by atoms with van der Waals surface area (Å²) in [5.74, 6) is 1.68. The largest absolute Gasteiger partial charge is 0.353 e. The molecule has 0 atom stereocenters. The molecule has 3 heterocycles. The molecule has 1 aromatic carbocycles. The monoisotopic (exact) mass is 421 g/mol. The molecule has 1 saturated heterocycles. The molecule has 0 saturated carbocycles. The van der Waals surface area contributed by atoms with Crippen molar-refractivity contribution in [2.75, 3.05) is 37.6 Å². The van der Waals surface area contributed by atoms with Gasteiger partial charge in [0.25, 0.3) is 11.7 Å². The predicted molar refractivity (Wildman–Crippen MR) is 121 cm³/mol. The second-order valence-electron chi connectivity index (χ2n) is 8.36. The van der Waals surface area contributed by atoms with Crippen molar-refractivity contribution in [2.45, 2.75) is 40.3 Å². The van der Waals surface area contributed by atoms with E-state index in [2.05, 4.69) is 57.8 Å². The number of amides is 1. The van der Waals surface area contributed by atoms with Crippen molar-refractivity contribution >= 4 is 17.5 Å². The molecule has 1 amide bonds. The van der Waals surface area contributed by atoms with Crippen LogP contribution in [0.5, 0.6) is 0 Å². The molecule has 0 radical (unpaired) electrons. The topological polar surface area (TPSA) is 69.9 Å². The number of carbonyl (C=O) groups excluding carboxylic acids is 1. The van der Waals surface area contributed by atoms with Crippen LogP contribution >= 0.6 is 0 Å². The molecule has 8 nitrogen and oxygen atoms in total. The zero-order valence-electron chi connectivity index (χ0n) is 18.8. The third kappa shape index (κ3) is 4.54. The first kappa shape index (κ1) is 21.2. The summed E-state index contributed by atoms with van der Waals surface area (Å²) in [7, 11) is 0. The minimum Gasteiger partial charge on any atom is -0.353 e. The summed E-state index contributed by atoms with van der Waals surface area (Å²) in [6.45, 7) is 13.3. The van der Waals surface area contributed by atoms with Crippen LogP contribution in [-0.4, -0.2) is 74.1 Å². The molecule has 8 heteroatoms. The van der Waals surface area contributed by atoms with Crippen LogP contribution in [0.4, 0.5) is 5.82 Å². The molecular formula is C23H31N7O. The lowest BCUT2D eigenvalue weighted by Crippen LogP contribution is -2.49. The maximum absolute atomic E-state index is 13.0. The van der Waals surface area contributed by atoms with Crippen LogP contribution in [0, 0.1) is 6.92 Å². The molecule has 164 valence electrons. The Morgan fingerprint density at radius 3 is 2.48 bits per heavy atom. The Kier molecular flexibility index (Phi) is 6.18. The maximum Gasteiger partial charge on any atom is 0.254 e. The predicted octanol–water partition coefficient (Wildman–Crippen LogP) is 2.63. The van der Waals surface area contributed by atoms with Gasteiger partial charge in [-0.3, -0.25) is 9.69 Å². The maximum atomic E-state index is 13.0. The highest BCUT2D eigenvalue weighted by atomic mass is 16.2. The van der Waals surface area contributed by atoms with Crippen LogP contribution in [0.2, 0.25) is 0 Å². The molecule has 0 unspecified atom stereocenters. The summed E-state index contributed by atoms with van der Waals surface area (Å²) < 4.78 is 1.76. The number of anilines is 1. The fraction of sp³-hybridized carbons (Fsp3) is 0.478. The van der Waals surface area contributed by atoms with Gasteiger partial charge in [-0.05, 0) is 45.0 Å². The highest BCUT2D eigenvalue weighted by molar-refractivity contribution is 5.94. The fourth-order valence-electron chi connectivity index (χ4n) is 4.10. The lowest BCUT2D eigenvalue weighted by molar-refractivity contribution is 0.0746. The van der Waals surface area contributed by atoms with Gasteiger partial charge in [-0.1, -0.05) is 19.1 Å². The molecule has 4 rings (SSSR count). The Hall–Kier alpha value is -3.00. The number of nitrogens with zero attached hydrogens (tertiary/aromatic N) is 7. The smallest absolute Gasteiger partial charge is 0.254 e. The number of benzene rings is 1. The highest BCUT2D eigenvalue weighted by Gasteiger charge is 2.24. The molecule has 0 spiro atoms. The molecule has 1 fully saturated rings. The number of hydrogen-bond donors (Lipinski definition) is 0. The van der Waals surface area contributed by atoms with Gasteiger partial charge in [0.05, 0.1) is 0 Å². The van der Waals surface area contributed by atoms with Gasteiger partial charge in [-0.25, -0.2) is 4.98 Å². The van der Waals surface area contributed by atoms with Gasteiger partial charge in [0, 0.05) is 56.1 Å². The van der Waals surface area contributed by atoms with E-state index in [1.807, 2.05) is 30.0 Å². The van der Waals surface area contributed by atoms with E-state index >= 15 is 0 Å². The standard InChI is InChI=1S/C23H31N7O/c1-5-27(17(2)3)15-19-6-8-20(9-7-19)22(31)29-12-10-28(11-13-29)21-14-18(4)26-23-24-16-25-30(21)23/h6-9,14,16-17H,5,10-13,15H2,1-4H3. The number of piperazine rings is 1. The first-order valence-corrected chi connectivity index (χ1v) is 11.0. The first-order valence-electron chi connectivity index (χ1n) is 11.0. The van der Waals surface area contributed by atoms with Crippen molar-refractivity contribution in [1.82, 2.24) is 29.4 Å². The van der Waals surface area contributed by atoms with Crippen molar-refractivity contribution in [3.8, 4) is 0 Å². The molecule has 31 heavy (non-hydrogen) atoms. The quantitative estimate of drug-likeness (QED) is 0.609. The number of aromatic nitrogens is 4. The summed E-state index contributed by atoms with van der Waals surface area (Å²) in [6.07, 6.45) is 1.52. The van der Waals surface area contributed by atoms with E-state index in [1.165, 1.54) is 11.9 Å². The van der Waals surface area contributed by atoms with Crippen LogP contribution < -0.4 is 4.90 Å². The van der Waals surface area contributed by atoms with E-state index in [0.717, 1.165) is 43.3 Å². The number of aryl methyl sites for hydroxylation is 1. The summed E-state index contributed by atoms with van der Waals surface area (Å²) in [6, 6.07) is 10.6. The van der Waals surface area contributed by atoms with Crippen LogP contribution in [0.25, 0.3) is 5.78 Å². The summed E-state index contributed by atoms with van der Waals surface area (Å²) in [5.41, 5.74) is 2.90. The first-order chi connectivity index (χ1) is 15.0. The Bertz CT molecular complexity index is 1040. The Balaban J connectivity index is 1.39. The molecule has 1 aliphatic heterocycles. The van der Waals surface area contributed by atoms with Gasteiger partial charge in [0.1, 0.15) is 12.1 Å². The van der Waals surface area contributed by atoms with E-state index in [-0.39, 0.29) is 5.91 Å². The average Bonchev–Trinajstić information content (AvgIpc) is 3.25. The summed E-state index contributed by atoms with van der Waals surface area (Å²) in [5, 5.41) is 4.30. The molecule has 0 bridgehead atoms. The van der Waals surface area contributed by atoms with E-state index in [9.17, 15) is 4.79 Å². The Morgan fingerprint density at radius 1 is 1.13 bits per heavy atom. The van der Waals surface area contributed by atoms with Crippen LogP contribution in [0.15, 0.2) is 36.7 Å². The molecule has 1 aliphatic rings. The third-order valence-electron chi connectivity index (χ3n) is 5.98. The van der Waals surface area contributed by atoms with E-state index in [1.54, 1.807) is 4.52 Å². The van der Waals surface area contributed by atoms with Gasteiger partial charge in [-0.15, -0.1) is 0 Å². The normalized spacial score (nSPS) is 14.8. The number of hydrogen-bond acceptors (Lipinski definition) is 6. The van der Waals surface area contributed by atoms with Gasteiger partial charge in [-0.2, -0.15) is 14.6 Å². The number of rotatable bonds is 6. The zero-order valence-corrected chi connectivity index (χ0v) is 18.8. The summed E-state index contributed by atoms with van der Waals surface area (Å²) >= 11 is 0. The second kappa shape index (κ2) is 9.01. The molecule has 0 aliphatic carbocycles. The average molecular weight is 422 g/mol. The van der Waals surface area contributed by atoms with Crippen LogP contribution in [-0.2, 0) is 6.54 Å². The van der Waals surface area contributed by atoms with Crippen molar-refractivity contribution in [3.63, 3.8) is 0 Å². The lowest BCUT2D eigenvalue weighted by Gasteiger charge is -2.36. The SMILES string of the molecule is CCN(Cc1ccc(C(=O)N2CCN(c3cc(C)nc4ncnn34)CC2)cc1)C(C)C. The second-order valence-corrected chi connectivity index (χ2v) is 8.36. The number of carbonyl (C=O) groups is 1. The van der Waals surface area contributed by atoms with Gasteiger partial charge in [0.2, 0.25) is 0 Å². The minimum atomic E-state index is 0.0965. The van der Waals surface area contributed by atoms with Gasteiger partial charge in [0.15, 0.2) is 0 Å². The fourth-order valence-corrected chi connectivity index (χ4v) is 4.10. The van der Waals surface area contributed by atoms with Crippen molar-refractivity contribution in [2.24, 2.45) is 0 Å². The third-order valence-corrected chi connectivity index (χ3v) is 5.98. The number of fused-ring (bicyclic) bond motifs is 1. The Morgan fingerprint density at radius 2 is 1.84 bits per heavy atom. The molecule has 3 aromatic rings. The summed E-state index contributed by atoms with van der Waals surface area (Å²) in [4.78, 5) is 28.2. The van der Waals surface area contributed by atoms with Gasteiger partial charge >= 0.3 is 0 Å². The Labute approximate surface area is 183 Å². The van der Waals surface area contributed by atoms with E-state index in [4.69, 9.17) is 0 Å². The molecular weight excluding hydrogens is 390 g/mol. The van der Waals surface area contributed by atoms with Gasteiger partial charge < -0.3 is 9.80 Å². The van der Waals surface area contributed by atoms with Crippen molar-refractivity contribution in [1.29, 1.82) is 0 Å². The minimum absolute atomic E-state index is 0.0965. The molecule has 0 N–H and O–H groups in total. The van der Waals surface area contributed by atoms with Crippen molar-refractivity contribution in [3.05, 3.63) is 53.5 Å². The van der Waals surface area contributed by atoms with Crippen LogP contribution in [0.1, 0.15) is 42.4 Å².